The molecule has 4 aliphatic carbocycles. The van der Waals surface area contributed by atoms with Gasteiger partial charge in [-0.1, -0.05) is 80.4 Å². The molecule has 2 aromatic carbocycles. The van der Waals surface area contributed by atoms with Crippen molar-refractivity contribution in [3.8, 4) is 0 Å². The number of fused-ring (bicyclic) bond motifs is 2. The van der Waals surface area contributed by atoms with Crippen molar-refractivity contribution < 1.29 is 24.0 Å². The maximum Gasteiger partial charge on any atom is 0.262 e. The van der Waals surface area contributed by atoms with E-state index in [4.69, 9.17) is 11.5 Å². The molecular formula is C57H82N4O5. The maximum absolute atomic E-state index is 14.6. The molecule has 4 fully saturated rings. The van der Waals surface area contributed by atoms with Gasteiger partial charge < -0.3 is 11.5 Å². The molecule has 2 heterocycles. The van der Waals surface area contributed by atoms with Gasteiger partial charge in [-0.2, -0.15) is 0 Å². The molecule has 2 aromatic rings. The van der Waals surface area contributed by atoms with Crippen molar-refractivity contribution in [2.24, 2.45) is 70.6 Å². The van der Waals surface area contributed by atoms with Gasteiger partial charge in [-0.25, -0.2) is 0 Å². The molecule has 0 bridgehead atoms. The molecule has 4 saturated carbocycles. The molecular weight excluding hydrogens is 821 g/mol. The van der Waals surface area contributed by atoms with Crippen molar-refractivity contribution in [1.82, 2.24) is 9.80 Å². The Labute approximate surface area is 396 Å². The van der Waals surface area contributed by atoms with E-state index in [1.165, 1.54) is 49.8 Å². The van der Waals surface area contributed by atoms with Gasteiger partial charge in [0.15, 0.2) is 5.78 Å². The number of hydrogen-bond acceptors (Lipinski definition) is 7. The Hall–Kier alpha value is -3.69. The number of carbonyl (C=O) groups is 5. The molecule has 0 saturated heterocycles. The van der Waals surface area contributed by atoms with Gasteiger partial charge in [-0.3, -0.25) is 33.8 Å². The van der Waals surface area contributed by atoms with Gasteiger partial charge in [0.1, 0.15) is 0 Å². The highest BCUT2D eigenvalue weighted by Gasteiger charge is 2.54. The highest BCUT2D eigenvalue weighted by Crippen LogP contribution is 2.50. The van der Waals surface area contributed by atoms with E-state index in [2.05, 4.69) is 55.4 Å². The SMILES string of the molecule is CCC(N)(CC)C1CCC(CC2CCC(N3C(=O)c4ccc(C(=O)c5ccc6c(c5)C(=O)N(C(CC)(CC)C5CCC(CC7CCC(N)C(C)C7)CC5C)C6=O)cc4C3=O)C(C)C2)CC1C. The minimum absolute atomic E-state index is 0.0671. The zero-order valence-corrected chi connectivity index (χ0v) is 41.7. The summed E-state index contributed by atoms with van der Waals surface area (Å²) in [6, 6.07) is 9.77. The van der Waals surface area contributed by atoms with Crippen LogP contribution >= 0.6 is 0 Å². The fourth-order valence-corrected chi connectivity index (χ4v) is 15.6. The second-order valence-electron chi connectivity index (χ2n) is 23.1. The average molecular weight is 903 g/mol. The van der Waals surface area contributed by atoms with Crippen LogP contribution in [-0.4, -0.2) is 62.4 Å². The van der Waals surface area contributed by atoms with Gasteiger partial charge in [0, 0.05) is 28.7 Å². The number of imide groups is 2. The Morgan fingerprint density at radius 3 is 1.48 bits per heavy atom. The number of nitrogens with zero attached hydrogens (tertiary/aromatic N) is 2. The molecule has 0 radical (unpaired) electrons. The summed E-state index contributed by atoms with van der Waals surface area (Å²) in [5, 5.41) is 0. The number of ketones is 1. The van der Waals surface area contributed by atoms with Crippen LogP contribution in [0.1, 0.15) is 228 Å². The van der Waals surface area contributed by atoms with E-state index in [1.54, 1.807) is 41.3 Å². The second-order valence-corrected chi connectivity index (χ2v) is 23.1. The third-order valence-electron chi connectivity index (χ3n) is 19.5. The minimum atomic E-state index is -0.622. The van der Waals surface area contributed by atoms with E-state index >= 15 is 0 Å². The fourth-order valence-electron chi connectivity index (χ4n) is 15.6. The Kier molecular flexibility index (Phi) is 14.3. The topological polar surface area (TPSA) is 144 Å². The highest BCUT2D eigenvalue weighted by atomic mass is 16.2. The largest absolute Gasteiger partial charge is 0.327 e. The van der Waals surface area contributed by atoms with Crippen molar-refractivity contribution in [3.05, 3.63) is 69.8 Å². The van der Waals surface area contributed by atoms with Crippen LogP contribution in [0, 0.1) is 59.2 Å². The van der Waals surface area contributed by atoms with Crippen molar-refractivity contribution in [2.45, 2.75) is 194 Å². The first-order chi connectivity index (χ1) is 31.5. The Morgan fingerprint density at radius 2 is 0.985 bits per heavy atom. The van der Waals surface area contributed by atoms with Gasteiger partial charge in [-0.05, 0) is 186 Å². The van der Waals surface area contributed by atoms with Crippen molar-refractivity contribution >= 4 is 29.4 Å². The summed E-state index contributed by atoms with van der Waals surface area (Å²) in [4.78, 5) is 74.3. The van der Waals surface area contributed by atoms with Crippen LogP contribution in [0.25, 0.3) is 0 Å². The molecule has 4 amide bonds. The van der Waals surface area contributed by atoms with Gasteiger partial charge in [0.2, 0.25) is 0 Å². The van der Waals surface area contributed by atoms with Gasteiger partial charge in [-0.15, -0.1) is 0 Å². The lowest BCUT2D eigenvalue weighted by Crippen LogP contribution is -2.58. The van der Waals surface area contributed by atoms with Crippen LogP contribution in [0.3, 0.4) is 0 Å². The van der Waals surface area contributed by atoms with Gasteiger partial charge in [0.05, 0.1) is 27.8 Å². The smallest absolute Gasteiger partial charge is 0.262 e. The van der Waals surface area contributed by atoms with Crippen molar-refractivity contribution in [3.63, 3.8) is 0 Å². The Morgan fingerprint density at radius 1 is 0.545 bits per heavy atom. The molecule has 12 unspecified atom stereocenters. The molecule has 4 N–H and O–H groups in total. The summed E-state index contributed by atoms with van der Waals surface area (Å²) >= 11 is 0. The van der Waals surface area contributed by atoms with Crippen LogP contribution in [-0.2, 0) is 0 Å². The zero-order chi connectivity index (χ0) is 47.4. The summed E-state index contributed by atoms with van der Waals surface area (Å²) in [5.74, 6) is 3.59. The summed E-state index contributed by atoms with van der Waals surface area (Å²) in [6.07, 6.45) is 19.0. The number of benzene rings is 2. The molecule has 66 heavy (non-hydrogen) atoms. The van der Waals surface area contributed by atoms with E-state index in [0.717, 1.165) is 63.7 Å². The van der Waals surface area contributed by atoms with E-state index in [0.29, 0.717) is 71.4 Å². The fraction of sp³-hybridized carbons (Fsp3) is 0.702. The number of hydrogen-bond donors (Lipinski definition) is 2. The first kappa shape index (κ1) is 48.8. The molecule has 9 heteroatoms. The molecule has 2 aliphatic heterocycles. The van der Waals surface area contributed by atoms with Crippen LogP contribution in [0.5, 0.6) is 0 Å². The lowest BCUT2D eigenvalue weighted by atomic mass is 9.62. The van der Waals surface area contributed by atoms with E-state index in [9.17, 15) is 24.0 Å². The molecule has 8 rings (SSSR count). The Balaban J connectivity index is 0.914. The standard InChI is InChI=1S/C57H82N4O5/c1-9-56(59,10-2)47-21-13-37(25-33(47)5)30-40-16-24-50(36(8)28-40)60-52(63)43-19-17-41(31-45(43)53(60)64)51(62)42-18-20-44-46(32-42)55(66)61(54(44)65)57(11-3,12-4)48-22-14-38(26-34(48)6)29-39-15-23-49(58)35(7)27-39/h17-20,31-40,47-50H,9-16,21-30,58-59H2,1-8H3. The first-order valence-corrected chi connectivity index (χ1v) is 26.6. The van der Waals surface area contributed by atoms with Gasteiger partial charge in [0.25, 0.3) is 23.6 Å². The van der Waals surface area contributed by atoms with Crippen LogP contribution in [0.15, 0.2) is 36.4 Å². The van der Waals surface area contributed by atoms with Crippen molar-refractivity contribution in [2.75, 3.05) is 0 Å². The first-order valence-electron chi connectivity index (χ1n) is 26.6. The number of amides is 4. The lowest BCUT2D eigenvalue weighted by Gasteiger charge is -2.51. The minimum Gasteiger partial charge on any atom is -0.327 e. The van der Waals surface area contributed by atoms with E-state index in [1.807, 2.05) is 0 Å². The predicted octanol–water partition coefficient (Wildman–Crippen LogP) is 11.6. The molecule has 6 aliphatic rings. The molecule has 12 atom stereocenters. The van der Waals surface area contributed by atoms with E-state index in [-0.39, 0.29) is 75.1 Å². The van der Waals surface area contributed by atoms with Crippen molar-refractivity contribution in [1.29, 1.82) is 0 Å². The molecule has 0 spiro atoms. The summed E-state index contributed by atoms with van der Waals surface area (Å²) < 4.78 is 0. The molecule has 0 aromatic heterocycles. The monoisotopic (exact) mass is 903 g/mol. The molecule has 9 nitrogen and oxygen atoms in total. The summed E-state index contributed by atoms with van der Waals surface area (Å²) in [6.45, 7) is 17.9. The zero-order valence-electron chi connectivity index (χ0n) is 41.7. The summed E-state index contributed by atoms with van der Waals surface area (Å²) in [7, 11) is 0. The second kappa shape index (κ2) is 19.4. The molecule has 360 valence electrons. The van der Waals surface area contributed by atoms with Crippen LogP contribution in [0.4, 0.5) is 0 Å². The number of carbonyl (C=O) groups excluding carboxylic acids is 5. The third-order valence-corrected chi connectivity index (χ3v) is 19.5. The highest BCUT2D eigenvalue weighted by molar-refractivity contribution is 6.24. The quantitative estimate of drug-likeness (QED) is 0.142. The summed E-state index contributed by atoms with van der Waals surface area (Å²) in [5.41, 5.74) is 14.3. The van der Waals surface area contributed by atoms with E-state index < -0.39 is 5.54 Å². The number of nitrogens with two attached hydrogens (primary N) is 2. The van der Waals surface area contributed by atoms with Crippen LogP contribution in [0.2, 0.25) is 0 Å². The maximum atomic E-state index is 14.6. The van der Waals surface area contributed by atoms with Gasteiger partial charge >= 0.3 is 0 Å². The van der Waals surface area contributed by atoms with Crippen LogP contribution < -0.4 is 11.5 Å². The number of rotatable bonds is 14. The normalized spacial score (nSPS) is 33.1. The Bertz CT molecular complexity index is 2170. The predicted molar refractivity (Wildman–Crippen MR) is 262 cm³/mol. The third kappa shape index (κ3) is 8.68. The average Bonchev–Trinajstić information content (AvgIpc) is 3.71. The lowest BCUT2D eigenvalue weighted by molar-refractivity contribution is -0.00670.